The molecule has 0 saturated carbocycles. The summed E-state index contributed by atoms with van der Waals surface area (Å²) < 4.78 is 5.11. The summed E-state index contributed by atoms with van der Waals surface area (Å²) >= 11 is 17.6. The van der Waals surface area contributed by atoms with Crippen LogP contribution in [0.1, 0.15) is 24.2 Å². The lowest BCUT2D eigenvalue weighted by Crippen LogP contribution is -2.50. The molecule has 0 aromatic heterocycles. The number of halogens is 2. The highest BCUT2D eigenvalue weighted by Crippen LogP contribution is 2.34. The molecule has 1 aliphatic heterocycles. The molecule has 10 heteroatoms. The third kappa shape index (κ3) is 6.07. The average Bonchev–Trinajstić information content (AvgIpc) is 2.78. The fourth-order valence-corrected chi connectivity index (χ4v) is 4.45. The Bertz CT molecular complexity index is 1030. The summed E-state index contributed by atoms with van der Waals surface area (Å²) in [7, 11) is 1.45. The molecule has 0 atom stereocenters. The Kier molecular flexibility index (Phi) is 8.40. The number of benzene rings is 2. The number of thiocarbonyl (C=S) groups is 1. The molecule has 0 radical (unpaired) electrons. The van der Waals surface area contributed by atoms with E-state index in [-0.39, 0.29) is 32.5 Å². The number of nitrogens with zero attached hydrogens (tertiary/aromatic N) is 2. The summed E-state index contributed by atoms with van der Waals surface area (Å²) in [6.07, 6.45) is 0. The molecule has 33 heavy (non-hydrogen) atoms. The second kappa shape index (κ2) is 11.0. The first kappa shape index (κ1) is 25.1. The van der Waals surface area contributed by atoms with Crippen molar-refractivity contribution in [1.82, 2.24) is 10.2 Å². The quantitative estimate of drug-likeness (QED) is 0.581. The van der Waals surface area contributed by atoms with E-state index >= 15 is 0 Å². The van der Waals surface area contributed by atoms with Gasteiger partial charge < -0.3 is 19.9 Å². The number of para-hydroxylation sites is 2. The zero-order chi connectivity index (χ0) is 24.1. The van der Waals surface area contributed by atoms with Crippen molar-refractivity contribution in [1.29, 1.82) is 0 Å². The van der Waals surface area contributed by atoms with E-state index in [2.05, 4.69) is 15.5 Å². The lowest BCUT2D eigenvalue weighted by atomic mass is 10.1. The van der Waals surface area contributed by atoms with Gasteiger partial charge in [0, 0.05) is 37.7 Å². The van der Waals surface area contributed by atoms with E-state index in [1.165, 1.54) is 19.2 Å². The number of amides is 2. The van der Waals surface area contributed by atoms with Gasteiger partial charge in [-0.25, -0.2) is 0 Å². The van der Waals surface area contributed by atoms with E-state index in [1.807, 2.05) is 43.0 Å². The van der Waals surface area contributed by atoms with Gasteiger partial charge in [-0.3, -0.25) is 14.9 Å². The van der Waals surface area contributed by atoms with E-state index in [0.29, 0.717) is 31.9 Å². The lowest BCUT2D eigenvalue weighted by molar-refractivity contribution is -0.134. The molecular formula is C23H26Cl2N4O3S. The number of carbonyl (C=O) groups excluding carboxylic acids is 2. The van der Waals surface area contributed by atoms with Gasteiger partial charge in [-0.1, -0.05) is 49.2 Å². The Balaban J connectivity index is 1.66. The molecule has 0 bridgehead atoms. The molecule has 2 amide bonds. The number of hydrogen-bond donors (Lipinski definition) is 2. The molecule has 7 nitrogen and oxygen atoms in total. The van der Waals surface area contributed by atoms with Crippen LogP contribution < -0.4 is 20.3 Å². The molecule has 2 N–H and O–H groups in total. The Labute approximate surface area is 209 Å². The van der Waals surface area contributed by atoms with Crippen LogP contribution in [-0.4, -0.2) is 55.1 Å². The zero-order valence-electron chi connectivity index (χ0n) is 18.7. The third-order valence-electron chi connectivity index (χ3n) is 5.27. The molecule has 2 aromatic carbocycles. The van der Waals surface area contributed by atoms with Crippen molar-refractivity contribution in [3.8, 4) is 5.75 Å². The van der Waals surface area contributed by atoms with E-state index in [1.54, 1.807) is 0 Å². The van der Waals surface area contributed by atoms with Crippen LogP contribution in [0.4, 0.5) is 11.4 Å². The molecule has 1 saturated heterocycles. The van der Waals surface area contributed by atoms with Crippen molar-refractivity contribution >= 4 is 63.7 Å². The van der Waals surface area contributed by atoms with Gasteiger partial charge in [-0.2, -0.15) is 0 Å². The maximum absolute atomic E-state index is 12.6. The number of anilines is 2. The van der Waals surface area contributed by atoms with Crippen molar-refractivity contribution in [3.63, 3.8) is 0 Å². The highest BCUT2D eigenvalue weighted by Gasteiger charge is 2.24. The Hall–Kier alpha value is -2.55. The first-order chi connectivity index (χ1) is 15.7. The van der Waals surface area contributed by atoms with E-state index in [4.69, 9.17) is 40.2 Å². The summed E-state index contributed by atoms with van der Waals surface area (Å²) in [4.78, 5) is 29.0. The minimum Gasteiger partial charge on any atom is -0.494 e. The van der Waals surface area contributed by atoms with Crippen molar-refractivity contribution < 1.29 is 14.3 Å². The standard InChI is InChI=1S/C23H26Cl2N4O3S/c1-14(2)22(31)29-10-8-28(9-11-29)19-7-5-4-6-18(19)26-23(33)27-21(30)15-12-16(24)20(32-3)17(25)13-15/h4-7,12-14H,8-11H2,1-3H3,(H2,26,27,30,33). The molecule has 0 aliphatic carbocycles. The smallest absolute Gasteiger partial charge is 0.257 e. The van der Waals surface area contributed by atoms with Crippen LogP contribution in [0.15, 0.2) is 36.4 Å². The molecule has 0 unspecified atom stereocenters. The molecule has 176 valence electrons. The first-order valence-electron chi connectivity index (χ1n) is 10.5. The highest BCUT2D eigenvalue weighted by atomic mass is 35.5. The van der Waals surface area contributed by atoms with Crippen molar-refractivity contribution in [2.45, 2.75) is 13.8 Å². The molecule has 0 spiro atoms. The second-order valence-corrected chi connectivity index (χ2v) is 9.09. The number of carbonyl (C=O) groups is 2. The van der Waals surface area contributed by atoms with Gasteiger partial charge >= 0.3 is 0 Å². The second-order valence-electron chi connectivity index (χ2n) is 7.87. The van der Waals surface area contributed by atoms with Gasteiger partial charge in [0.15, 0.2) is 10.9 Å². The van der Waals surface area contributed by atoms with Gasteiger partial charge in [-0.15, -0.1) is 0 Å². The minimum absolute atomic E-state index is 0.0121. The molecule has 1 fully saturated rings. The van der Waals surface area contributed by atoms with E-state index < -0.39 is 5.91 Å². The molecule has 2 aromatic rings. The maximum Gasteiger partial charge on any atom is 0.257 e. The zero-order valence-corrected chi connectivity index (χ0v) is 21.0. The van der Waals surface area contributed by atoms with Crippen LogP contribution in [0.5, 0.6) is 5.75 Å². The molecule has 3 rings (SSSR count). The number of methoxy groups -OCH3 is 1. The van der Waals surface area contributed by atoms with Crippen LogP contribution in [0, 0.1) is 5.92 Å². The summed E-state index contributed by atoms with van der Waals surface area (Å²) in [5.41, 5.74) is 1.97. The number of nitrogens with one attached hydrogen (secondary N) is 2. The van der Waals surface area contributed by atoms with Crippen LogP contribution in [0.25, 0.3) is 0 Å². The van der Waals surface area contributed by atoms with Crippen molar-refractivity contribution in [2.24, 2.45) is 5.92 Å². The largest absolute Gasteiger partial charge is 0.494 e. The first-order valence-corrected chi connectivity index (χ1v) is 11.7. The third-order valence-corrected chi connectivity index (χ3v) is 6.04. The number of rotatable bonds is 5. The minimum atomic E-state index is -0.447. The predicted octanol–water partition coefficient (Wildman–Crippen LogP) is 4.43. The fraction of sp³-hybridized carbons (Fsp3) is 0.348. The van der Waals surface area contributed by atoms with Crippen LogP contribution in [0.2, 0.25) is 10.0 Å². The van der Waals surface area contributed by atoms with Crippen LogP contribution in [-0.2, 0) is 4.79 Å². The monoisotopic (exact) mass is 508 g/mol. The van der Waals surface area contributed by atoms with Gasteiger partial charge in [0.1, 0.15) is 0 Å². The fourth-order valence-electron chi connectivity index (χ4n) is 3.60. The maximum atomic E-state index is 12.6. The Morgan fingerprint density at radius 2 is 1.67 bits per heavy atom. The normalized spacial score (nSPS) is 13.6. The SMILES string of the molecule is COc1c(Cl)cc(C(=O)NC(=S)Nc2ccccc2N2CCN(C(=O)C(C)C)CC2)cc1Cl. The lowest BCUT2D eigenvalue weighted by Gasteiger charge is -2.37. The highest BCUT2D eigenvalue weighted by molar-refractivity contribution is 7.80. The van der Waals surface area contributed by atoms with Crippen molar-refractivity contribution in [3.05, 3.63) is 52.0 Å². The number of piperazine rings is 1. The van der Waals surface area contributed by atoms with E-state index in [0.717, 1.165) is 11.4 Å². The van der Waals surface area contributed by atoms with Gasteiger partial charge in [0.25, 0.3) is 5.91 Å². The molecular weight excluding hydrogens is 483 g/mol. The predicted molar refractivity (Wildman–Crippen MR) is 137 cm³/mol. The van der Waals surface area contributed by atoms with Gasteiger partial charge in [0.2, 0.25) is 5.91 Å². The number of ether oxygens (including phenoxy) is 1. The van der Waals surface area contributed by atoms with Crippen molar-refractivity contribution in [2.75, 3.05) is 43.5 Å². The summed E-state index contributed by atoms with van der Waals surface area (Å²) in [6.45, 7) is 6.56. The molecule has 1 aliphatic rings. The summed E-state index contributed by atoms with van der Waals surface area (Å²) in [6, 6.07) is 10.6. The van der Waals surface area contributed by atoms with Crippen LogP contribution >= 0.6 is 35.4 Å². The summed E-state index contributed by atoms with van der Waals surface area (Å²) in [5, 5.41) is 6.36. The van der Waals surface area contributed by atoms with Gasteiger partial charge in [-0.05, 0) is 36.5 Å². The Morgan fingerprint density at radius 1 is 1.06 bits per heavy atom. The topological polar surface area (TPSA) is 73.9 Å². The average molecular weight is 509 g/mol. The van der Waals surface area contributed by atoms with Gasteiger partial charge in [0.05, 0.1) is 28.5 Å². The van der Waals surface area contributed by atoms with Crippen LogP contribution in [0.3, 0.4) is 0 Å². The summed E-state index contributed by atoms with van der Waals surface area (Å²) in [5.74, 6) is 0.0163. The number of hydrogen-bond acceptors (Lipinski definition) is 5. The van der Waals surface area contributed by atoms with E-state index in [9.17, 15) is 9.59 Å². The Morgan fingerprint density at radius 3 is 2.24 bits per heavy atom. The molecule has 1 heterocycles.